The van der Waals surface area contributed by atoms with Crippen LogP contribution in [0, 0.1) is 23.2 Å². The summed E-state index contributed by atoms with van der Waals surface area (Å²) < 4.78 is 26.0. The highest BCUT2D eigenvalue weighted by Crippen LogP contribution is 2.62. The average Bonchev–Trinajstić information content (AvgIpc) is 2.46. The van der Waals surface area contributed by atoms with E-state index < -0.39 is 15.1 Å². The van der Waals surface area contributed by atoms with Gasteiger partial charge in [0.25, 0.3) is 0 Å². The SMILES string of the molecule is O=CC(C12CC3CC(CC(C3)C1)C2)S(=O)(=O)c1ccncc1. The molecular weight excluding hydrogens is 298 g/mol. The van der Waals surface area contributed by atoms with Gasteiger partial charge in [0.2, 0.25) is 0 Å². The number of carbonyl (C=O) groups excluding carboxylic acids is 1. The van der Waals surface area contributed by atoms with E-state index >= 15 is 0 Å². The van der Waals surface area contributed by atoms with Gasteiger partial charge in [-0.3, -0.25) is 4.98 Å². The molecule has 0 radical (unpaired) electrons. The number of sulfone groups is 1. The predicted octanol–water partition coefficient (Wildman–Crippen LogP) is 2.64. The van der Waals surface area contributed by atoms with E-state index in [-0.39, 0.29) is 10.3 Å². The largest absolute Gasteiger partial charge is 0.302 e. The summed E-state index contributed by atoms with van der Waals surface area (Å²) in [7, 11) is -3.62. The van der Waals surface area contributed by atoms with Crippen molar-refractivity contribution in [1.82, 2.24) is 4.98 Å². The maximum absolute atomic E-state index is 13.0. The quantitative estimate of drug-likeness (QED) is 0.800. The first-order valence-electron chi connectivity index (χ1n) is 8.13. The lowest BCUT2D eigenvalue weighted by atomic mass is 9.49. The van der Waals surface area contributed by atoms with Gasteiger partial charge < -0.3 is 4.79 Å². The molecule has 1 aromatic heterocycles. The second-order valence-corrected chi connectivity index (χ2v) is 9.63. The first kappa shape index (κ1) is 14.4. The standard InChI is InChI=1S/C17H21NO3S/c19-11-16(22(20,21)15-1-3-18-4-2-15)17-8-12-5-13(9-17)7-14(6-12)10-17/h1-4,11-14,16H,5-10H2. The molecule has 4 aliphatic carbocycles. The Morgan fingerprint density at radius 3 is 2.00 bits per heavy atom. The van der Waals surface area contributed by atoms with Gasteiger partial charge in [-0.2, -0.15) is 0 Å². The van der Waals surface area contributed by atoms with Gasteiger partial charge in [-0.25, -0.2) is 8.42 Å². The van der Waals surface area contributed by atoms with Crippen LogP contribution in [0.3, 0.4) is 0 Å². The molecule has 22 heavy (non-hydrogen) atoms. The van der Waals surface area contributed by atoms with Crippen LogP contribution in [0.1, 0.15) is 38.5 Å². The Hall–Kier alpha value is -1.23. The number of aldehydes is 1. The lowest BCUT2D eigenvalue weighted by molar-refractivity contribution is -0.115. The normalized spacial score (nSPS) is 37.9. The van der Waals surface area contributed by atoms with Crippen molar-refractivity contribution in [2.45, 2.75) is 48.7 Å². The number of pyridine rings is 1. The molecule has 5 rings (SSSR count). The van der Waals surface area contributed by atoms with Gasteiger partial charge in [0.05, 0.1) is 4.90 Å². The van der Waals surface area contributed by atoms with Crippen LogP contribution >= 0.6 is 0 Å². The maximum Gasteiger partial charge on any atom is 0.188 e. The summed E-state index contributed by atoms with van der Waals surface area (Å²) in [6, 6.07) is 3.01. The molecule has 0 aliphatic heterocycles. The molecule has 4 bridgehead atoms. The summed E-state index contributed by atoms with van der Waals surface area (Å²) in [5.41, 5.74) is -0.321. The Morgan fingerprint density at radius 2 is 1.55 bits per heavy atom. The van der Waals surface area contributed by atoms with Crippen LogP contribution in [-0.4, -0.2) is 24.9 Å². The summed E-state index contributed by atoms with van der Waals surface area (Å²) in [4.78, 5) is 16.0. The van der Waals surface area contributed by atoms with Gasteiger partial charge in [-0.1, -0.05) is 0 Å². The van der Waals surface area contributed by atoms with Crippen molar-refractivity contribution in [2.24, 2.45) is 23.2 Å². The zero-order valence-corrected chi connectivity index (χ0v) is 13.3. The zero-order chi connectivity index (χ0) is 15.4. The topological polar surface area (TPSA) is 64.1 Å². The molecule has 0 saturated heterocycles. The van der Waals surface area contributed by atoms with Crippen molar-refractivity contribution < 1.29 is 13.2 Å². The summed E-state index contributed by atoms with van der Waals surface area (Å²) in [5.74, 6) is 1.88. The van der Waals surface area contributed by atoms with E-state index in [9.17, 15) is 13.2 Å². The monoisotopic (exact) mass is 319 g/mol. The fourth-order valence-corrected chi connectivity index (χ4v) is 7.63. The van der Waals surface area contributed by atoms with E-state index in [2.05, 4.69) is 4.98 Å². The van der Waals surface area contributed by atoms with Gasteiger partial charge in [0.1, 0.15) is 11.5 Å². The molecule has 4 saturated carbocycles. The van der Waals surface area contributed by atoms with E-state index in [1.54, 1.807) is 0 Å². The number of rotatable bonds is 4. The van der Waals surface area contributed by atoms with Gasteiger partial charge in [0.15, 0.2) is 9.84 Å². The van der Waals surface area contributed by atoms with E-state index in [1.807, 2.05) is 0 Å². The van der Waals surface area contributed by atoms with Gasteiger partial charge >= 0.3 is 0 Å². The van der Waals surface area contributed by atoms with Crippen molar-refractivity contribution in [3.8, 4) is 0 Å². The van der Waals surface area contributed by atoms with E-state index in [0.29, 0.717) is 24.0 Å². The van der Waals surface area contributed by atoms with E-state index in [0.717, 1.165) is 19.3 Å². The highest BCUT2D eigenvalue weighted by atomic mass is 32.2. The van der Waals surface area contributed by atoms with Crippen molar-refractivity contribution in [2.75, 3.05) is 0 Å². The first-order chi connectivity index (χ1) is 10.5. The molecule has 0 amide bonds. The Bertz CT molecular complexity index is 648. The number of hydrogen-bond acceptors (Lipinski definition) is 4. The van der Waals surface area contributed by atoms with Crippen LogP contribution in [0.4, 0.5) is 0 Å². The third-order valence-electron chi connectivity index (χ3n) is 6.13. The number of hydrogen-bond donors (Lipinski definition) is 0. The van der Waals surface area contributed by atoms with Gasteiger partial charge in [0, 0.05) is 12.4 Å². The molecule has 1 atom stereocenters. The highest BCUT2D eigenvalue weighted by molar-refractivity contribution is 7.92. The van der Waals surface area contributed by atoms with Crippen LogP contribution in [0.2, 0.25) is 0 Å². The number of nitrogens with zero attached hydrogens (tertiary/aromatic N) is 1. The molecule has 0 N–H and O–H groups in total. The van der Waals surface area contributed by atoms with Crippen molar-refractivity contribution in [1.29, 1.82) is 0 Å². The van der Waals surface area contributed by atoms with Crippen molar-refractivity contribution in [3.63, 3.8) is 0 Å². The fourth-order valence-electron chi connectivity index (χ4n) is 5.75. The first-order valence-corrected chi connectivity index (χ1v) is 9.67. The summed E-state index contributed by atoms with van der Waals surface area (Å²) in [6.45, 7) is 0. The lowest BCUT2D eigenvalue weighted by Gasteiger charge is -2.58. The predicted molar refractivity (Wildman–Crippen MR) is 81.9 cm³/mol. The van der Waals surface area contributed by atoms with Crippen LogP contribution in [0.5, 0.6) is 0 Å². The second-order valence-electron chi connectivity index (χ2n) is 7.56. The van der Waals surface area contributed by atoms with Crippen LogP contribution in [0.15, 0.2) is 29.4 Å². The lowest BCUT2D eigenvalue weighted by Crippen LogP contribution is -2.54. The third kappa shape index (κ3) is 2.05. The minimum absolute atomic E-state index is 0.232. The van der Waals surface area contributed by atoms with Crippen LogP contribution < -0.4 is 0 Å². The van der Waals surface area contributed by atoms with Crippen LogP contribution in [-0.2, 0) is 14.6 Å². The molecule has 1 heterocycles. The highest BCUT2D eigenvalue weighted by Gasteiger charge is 2.57. The Labute approximate surface area is 131 Å². The molecule has 4 fully saturated rings. The summed E-state index contributed by atoms with van der Waals surface area (Å²) >= 11 is 0. The molecule has 1 aromatic rings. The average molecular weight is 319 g/mol. The van der Waals surface area contributed by atoms with E-state index in [4.69, 9.17) is 0 Å². The van der Waals surface area contributed by atoms with Crippen LogP contribution in [0.25, 0.3) is 0 Å². The Kier molecular flexibility index (Phi) is 3.19. The molecule has 4 aliphatic rings. The van der Waals surface area contributed by atoms with Gasteiger partial charge in [-0.15, -0.1) is 0 Å². The fraction of sp³-hybridized carbons (Fsp3) is 0.647. The Morgan fingerprint density at radius 1 is 1.05 bits per heavy atom. The molecular formula is C17H21NO3S. The summed E-state index contributed by atoms with van der Waals surface area (Å²) in [6.07, 6.45) is 10.1. The minimum atomic E-state index is -3.62. The van der Waals surface area contributed by atoms with Crippen molar-refractivity contribution >= 4 is 16.1 Å². The number of carbonyl (C=O) groups is 1. The molecule has 5 heteroatoms. The molecule has 4 nitrogen and oxygen atoms in total. The second kappa shape index (κ2) is 4.88. The molecule has 0 spiro atoms. The van der Waals surface area contributed by atoms with Gasteiger partial charge in [-0.05, 0) is 73.8 Å². The van der Waals surface area contributed by atoms with E-state index in [1.165, 1.54) is 43.8 Å². The Balaban J connectivity index is 1.75. The zero-order valence-electron chi connectivity index (χ0n) is 12.5. The maximum atomic E-state index is 13.0. The molecule has 0 aromatic carbocycles. The minimum Gasteiger partial charge on any atom is -0.302 e. The number of aromatic nitrogens is 1. The smallest absolute Gasteiger partial charge is 0.188 e. The molecule has 1 unspecified atom stereocenters. The summed E-state index contributed by atoms with van der Waals surface area (Å²) in [5, 5.41) is -0.893. The molecule has 118 valence electrons. The third-order valence-corrected chi connectivity index (χ3v) is 8.33. The van der Waals surface area contributed by atoms with Crippen molar-refractivity contribution in [3.05, 3.63) is 24.5 Å².